The molecule has 0 aliphatic carbocycles. The van der Waals surface area contributed by atoms with Crippen LogP contribution < -0.4 is 15.4 Å². The lowest BCUT2D eigenvalue weighted by atomic mass is 10.2. The third-order valence-corrected chi connectivity index (χ3v) is 5.00. The van der Waals surface area contributed by atoms with Crippen molar-refractivity contribution in [3.8, 4) is 5.75 Å². The number of aromatic nitrogens is 2. The third-order valence-electron chi connectivity index (χ3n) is 2.99. The Morgan fingerprint density at radius 2 is 2.07 bits per heavy atom. The number of alkyl halides is 3. The highest BCUT2D eigenvalue weighted by molar-refractivity contribution is 8.01. The standard InChI is InChI=1S/C15H17F3N4O3S2/c1-24-7-6-19-13-21-22-14(27-13)26-9-12(23)20-8-10-4-2-3-5-11(10)25-15(16,17)18/h2-5H,6-9H2,1H3,(H,19,21)(H,20,23). The van der Waals surface area contributed by atoms with Crippen molar-refractivity contribution in [2.75, 3.05) is 31.3 Å². The molecule has 0 bridgehead atoms. The first-order chi connectivity index (χ1) is 12.9. The number of ether oxygens (including phenoxy) is 2. The lowest BCUT2D eigenvalue weighted by molar-refractivity contribution is -0.274. The number of amides is 1. The number of para-hydroxylation sites is 1. The van der Waals surface area contributed by atoms with Gasteiger partial charge in [0.1, 0.15) is 5.75 Å². The second-order valence-electron chi connectivity index (χ2n) is 5.01. The van der Waals surface area contributed by atoms with Gasteiger partial charge in [0.2, 0.25) is 11.0 Å². The average Bonchev–Trinajstić information content (AvgIpc) is 3.06. The number of nitrogens with one attached hydrogen (secondary N) is 2. The van der Waals surface area contributed by atoms with E-state index in [2.05, 4.69) is 25.6 Å². The maximum absolute atomic E-state index is 12.4. The van der Waals surface area contributed by atoms with Crippen molar-refractivity contribution in [2.45, 2.75) is 17.2 Å². The van der Waals surface area contributed by atoms with Crippen molar-refractivity contribution in [1.29, 1.82) is 0 Å². The molecule has 27 heavy (non-hydrogen) atoms. The van der Waals surface area contributed by atoms with Crippen molar-refractivity contribution < 1.29 is 27.4 Å². The predicted molar refractivity (Wildman–Crippen MR) is 96.0 cm³/mol. The minimum absolute atomic E-state index is 0.0645. The molecule has 0 aliphatic rings. The largest absolute Gasteiger partial charge is 0.573 e. The molecule has 0 atom stereocenters. The number of carbonyl (C=O) groups excluding carboxylic acids is 1. The summed E-state index contributed by atoms with van der Waals surface area (Å²) < 4.78 is 46.6. The number of hydrogen-bond acceptors (Lipinski definition) is 8. The Morgan fingerprint density at radius 1 is 1.30 bits per heavy atom. The van der Waals surface area contributed by atoms with Crippen LogP contribution in [0.5, 0.6) is 5.75 Å². The van der Waals surface area contributed by atoms with Gasteiger partial charge in [-0.05, 0) is 6.07 Å². The van der Waals surface area contributed by atoms with Gasteiger partial charge in [-0.1, -0.05) is 41.3 Å². The van der Waals surface area contributed by atoms with Crippen molar-refractivity contribution >= 4 is 34.1 Å². The topological polar surface area (TPSA) is 85.4 Å². The Morgan fingerprint density at radius 3 is 2.81 bits per heavy atom. The molecule has 0 spiro atoms. The predicted octanol–water partition coefficient (Wildman–Crippen LogP) is 2.90. The lowest BCUT2D eigenvalue weighted by Gasteiger charge is -2.13. The number of carbonyl (C=O) groups is 1. The van der Waals surface area contributed by atoms with Gasteiger partial charge in [-0.15, -0.1) is 23.4 Å². The van der Waals surface area contributed by atoms with Gasteiger partial charge in [-0.25, -0.2) is 0 Å². The van der Waals surface area contributed by atoms with Crippen molar-refractivity contribution in [1.82, 2.24) is 15.5 Å². The van der Waals surface area contributed by atoms with E-state index in [0.29, 0.717) is 22.6 Å². The number of methoxy groups -OCH3 is 1. The zero-order chi connectivity index (χ0) is 19.7. The van der Waals surface area contributed by atoms with Crippen molar-refractivity contribution in [2.24, 2.45) is 0 Å². The normalized spacial score (nSPS) is 11.3. The third kappa shape index (κ3) is 8.01. The number of nitrogens with zero attached hydrogens (tertiary/aromatic N) is 2. The smallest absolute Gasteiger partial charge is 0.405 e. The van der Waals surface area contributed by atoms with Gasteiger partial charge in [0.05, 0.1) is 12.4 Å². The number of rotatable bonds is 10. The Labute approximate surface area is 161 Å². The zero-order valence-corrected chi connectivity index (χ0v) is 15.8. The molecular formula is C15H17F3N4O3S2. The maximum atomic E-state index is 12.4. The van der Waals surface area contributed by atoms with Crippen LogP contribution in [0.3, 0.4) is 0 Å². The molecule has 0 unspecified atom stereocenters. The average molecular weight is 422 g/mol. The fourth-order valence-corrected chi connectivity index (χ4v) is 3.45. The van der Waals surface area contributed by atoms with Crippen molar-refractivity contribution in [3.63, 3.8) is 0 Å². The van der Waals surface area contributed by atoms with E-state index in [9.17, 15) is 18.0 Å². The molecule has 0 aliphatic heterocycles. The molecular weight excluding hydrogens is 405 g/mol. The maximum Gasteiger partial charge on any atom is 0.573 e. The molecule has 2 N–H and O–H groups in total. The summed E-state index contributed by atoms with van der Waals surface area (Å²) >= 11 is 2.49. The fourth-order valence-electron chi connectivity index (χ4n) is 1.85. The molecule has 2 aromatic rings. The van der Waals surface area contributed by atoms with Crippen LogP contribution in [0.1, 0.15) is 5.56 Å². The number of hydrogen-bond donors (Lipinski definition) is 2. The minimum Gasteiger partial charge on any atom is -0.405 e. The SMILES string of the molecule is COCCNc1nnc(SCC(=O)NCc2ccccc2OC(F)(F)F)s1. The highest BCUT2D eigenvalue weighted by Crippen LogP contribution is 2.27. The van der Waals surface area contributed by atoms with E-state index in [4.69, 9.17) is 4.74 Å². The van der Waals surface area contributed by atoms with Gasteiger partial charge >= 0.3 is 6.36 Å². The van der Waals surface area contributed by atoms with E-state index in [0.717, 1.165) is 0 Å². The van der Waals surface area contributed by atoms with E-state index in [1.54, 1.807) is 13.2 Å². The monoisotopic (exact) mass is 422 g/mol. The Balaban J connectivity index is 1.78. The molecule has 1 aromatic carbocycles. The van der Waals surface area contributed by atoms with Gasteiger partial charge in [0, 0.05) is 25.8 Å². The van der Waals surface area contributed by atoms with E-state index < -0.39 is 6.36 Å². The van der Waals surface area contributed by atoms with Crippen molar-refractivity contribution in [3.05, 3.63) is 29.8 Å². The molecule has 1 heterocycles. The Kier molecular flexibility index (Phi) is 8.13. The summed E-state index contributed by atoms with van der Waals surface area (Å²) in [5.41, 5.74) is 0.230. The lowest BCUT2D eigenvalue weighted by Crippen LogP contribution is -2.25. The van der Waals surface area contributed by atoms with Crippen LogP contribution in [-0.2, 0) is 16.1 Å². The summed E-state index contributed by atoms with van der Waals surface area (Å²) in [5.74, 6) is -0.616. The molecule has 1 amide bonds. The summed E-state index contributed by atoms with van der Waals surface area (Å²) in [7, 11) is 1.59. The summed E-state index contributed by atoms with van der Waals surface area (Å²) in [5, 5.41) is 14.1. The number of halogens is 3. The number of benzene rings is 1. The molecule has 2 rings (SSSR count). The van der Waals surface area contributed by atoms with Crippen LogP contribution in [-0.4, -0.2) is 48.5 Å². The molecule has 7 nitrogen and oxygen atoms in total. The van der Waals surface area contributed by atoms with Crippen LogP contribution in [0.4, 0.5) is 18.3 Å². The first-order valence-corrected chi connectivity index (χ1v) is 9.47. The van der Waals surface area contributed by atoms with Crippen LogP contribution in [0.15, 0.2) is 28.6 Å². The molecule has 0 fully saturated rings. The van der Waals surface area contributed by atoms with E-state index in [1.165, 1.54) is 41.3 Å². The highest BCUT2D eigenvalue weighted by atomic mass is 32.2. The van der Waals surface area contributed by atoms with Gasteiger partial charge < -0.3 is 20.1 Å². The summed E-state index contributed by atoms with van der Waals surface area (Å²) in [4.78, 5) is 11.9. The van der Waals surface area contributed by atoms with Gasteiger partial charge in [-0.2, -0.15) is 0 Å². The second kappa shape index (κ2) is 10.3. The van der Waals surface area contributed by atoms with Gasteiger partial charge in [-0.3, -0.25) is 4.79 Å². The first kappa shape index (κ1) is 21.3. The van der Waals surface area contributed by atoms with Crippen LogP contribution in [0.2, 0.25) is 0 Å². The summed E-state index contributed by atoms with van der Waals surface area (Å²) in [6.07, 6.45) is -4.79. The van der Waals surface area contributed by atoms with Crippen LogP contribution in [0.25, 0.3) is 0 Å². The van der Waals surface area contributed by atoms with Crippen LogP contribution >= 0.6 is 23.1 Å². The minimum atomic E-state index is -4.79. The van der Waals surface area contributed by atoms with Gasteiger partial charge in [0.15, 0.2) is 4.34 Å². The summed E-state index contributed by atoms with van der Waals surface area (Å²) in [6, 6.07) is 5.65. The van der Waals surface area contributed by atoms with E-state index in [-0.39, 0.29) is 29.5 Å². The quantitative estimate of drug-likeness (QED) is 0.450. The number of anilines is 1. The van der Waals surface area contributed by atoms with E-state index >= 15 is 0 Å². The second-order valence-corrected chi connectivity index (χ2v) is 7.21. The Hall–Kier alpha value is -2.05. The first-order valence-electron chi connectivity index (χ1n) is 7.67. The Bertz CT molecular complexity index is 743. The zero-order valence-electron chi connectivity index (χ0n) is 14.2. The molecule has 0 saturated carbocycles. The van der Waals surface area contributed by atoms with E-state index in [1.807, 2.05) is 0 Å². The van der Waals surface area contributed by atoms with Gasteiger partial charge in [0.25, 0.3) is 0 Å². The molecule has 1 aromatic heterocycles. The van der Waals surface area contributed by atoms with Crippen LogP contribution in [0, 0.1) is 0 Å². The molecule has 0 radical (unpaired) electrons. The highest BCUT2D eigenvalue weighted by Gasteiger charge is 2.31. The number of thioether (sulfide) groups is 1. The molecule has 12 heteroatoms. The summed E-state index contributed by atoms with van der Waals surface area (Å²) in [6.45, 7) is 1.05. The molecule has 0 saturated heterocycles. The fraction of sp³-hybridized carbons (Fsp3) is 0.400. The molecule has 148 valence electrons.